The van der Waals surface area contributed by atoms with E-state index in [4.69, 9.17) is 9.52 Å². The fourth-order valence-corrected chi connectivity index (χ4v) is 1.64. The summed E-state index contributed by atoms with van der Waals surface area (Å²) in [5.74, 6) is 1.43. The normalized spacial score (nSPS) is 11.0. The first-order valence-corrected chi connectivity index (χ1v) is 5.57. The Balaban J connectivity index is 1.85. The second-order valence-electron chi connectivity index (χ2n) is 4.01. The van der Waals surface area contributed by atoms with E-state index in [9.17, 15) is 0 Å². The lowest BCUT2D eigenvalue weighted by molar-refractivity contribution is 0.242. The minimum Gasteiger partial charge on any atom is -0.462 e. The van der Waals surface area contributed by atoms with Gasteiger partial charge >= 0.3 is 0 Å². The molecule has 5 nitrogen and oxygen atoms in total. The molecule has 0 bridgehead atoms. The summed E-state index contributed by atoms with van der Waals surface area (Å²) in [5, 5.41) is 16.3. The van der Waals surface area contributed by atoms with Gasteiger partial charge in [0.25, 0.3) is 0 Å². The summed E-state index contributed by atoms with van der Waals surface area (Å²) < 4.78 is 7.23. The molecule has 2 aromatic rings. The fourth-order valence-electron chi connectivity index (χ4n) is 1.64. The fraction of sp³-hybridized carbons (Fsp3) is 0.417. The van der Waals surface area contributed by atoms with E-state index in [0.717, 1.165) is 18.0 Å². The Morgan fingerprint density at radius 3 is 2.71 bits per heavy atom. The van der Waals surface area contributed by atoms with Crippen molar-refractivity contribution in [1.82, 2.24) is 15.1 Å². The maximum absolute atomic E-state index is 8.87. The van der Waals surface area contributed by atoms with Gasteiger partial charge in [-0.05, 0) is 19.1 Å². The average molecular weight is 235 g/mol. The zero-order valence-corrected chi connectivity index (χ0v) is 10.1. The van der Waals surface area contributed by atoms with Crippen LogP contribution in [0.1, 0.15) is 22.8 Å². The van der Waals surface area contributed by atoms with Gasteiger partial charge in [-0.15, -0.1) is 0 Å². The lowest BCUT2D eigenvalue weighted by Crippen LogP contribution is -2.12. The van der Waals surface area contributed by atoms with E-state index < -0.39 is 0 Å². The van der Waals surface area contributed by atoms with Crippen molar-refractivity contribution >= 4 is 0 Å². The summed E-state index contributed by atoms with van der Waals surface area (Å²) >= 11 is 0. The third kappa shape index (κ3) is 2.75. The lowest BCUT2D eigenvalue weighted by Gasteiger charge is -2.02. The van der Waals surface area contributed by atoms with Gasteiger partial charge in [0.05, 0.1) is 12.7 Å². The number of aromatic nitrogens is 2. The molecule has 92 valence electrons. The summed E-state index contributed by atoms with van der Waals surface area (Å²) in [5.41, 5.74) is 2.34. The highest BCUT2D eigenvalue weighted by Crippen LogP contribution is 2.09. The number of nitrogens with one attached hydrogen (secondary N) is 1. The molecule has 2 heterocycles. The van der Waals surface area contributed by atoms with E-state index in [1.165, 1.54) is 5.56 Å². The first-order chi connectivity index (χ1) is 8.20. The molecule has 0 unspecified atom stereocenters. The molecule has 0 atom stereocenters. The minimum atomic E-state index is -0.0539. The Bertz CT molecular complexity index is 488. The molecule has 0 aliphatic carbocycles. The van der Waals surface area contributed by atoms with Crippen molar-refractivity contribution in [2.45, 2.75) is 26.6 Å². The van der Waals surface area contributed by atoms with Crippen molar-refractivity contribution in [3.05, 3.63) is 41.1 Å². The van der Waals surface area contributed by atoms with Crippen LogP contribution in [0.25, 0.3) is 0 Å². The van der Waals surface area contributed by atoms with E-state index in [1.807, 2.05) is 30.9 Å². The van der Waals surface area contributed by atoms with Gasteiger partial charge in [-0.1, -0.05) is 0 Å². The first-order valence-electron chi connectivity index (χ1n) is 5.57. The molecule has 2 rings (SSSR count). The molecule has 0 aliphatic heterocycles. The molecular formula is C12H17N3O2. The second-order valence-corrected chi connectivity index (χ2v) is 4.01. The van der Waals surface area contributed by atoms with Gasteiger partial charge in [0.1, 0.15) is 18.1 Å². The van der Waals surface area contributed by atoms with Gasteiger partial charge in [0, 0.05) is 24.8 Å². The van der Waals surface area contributed by atoms with Crippen LogP contribution in [-0.2, 0) is 26.7 Å². The van der Waals surface area contributed by atoms with Crippen molar-refractivity contribution in [1.29, 1.82) is 0 Å². The van der Waals surface area contributed by atoms with Crippen molar-refractivity contribution in [3.63, 3.8) is 0 Å². The summed E-state index contributed by atoms with van der Waals surface area (Å²) in [6, 6.07) is 3.65. The summed E-state index contributed by atoms with van der Waals surface area (Å²) in [4.78, 5) is 0. The van der Waals surface area contributed by atoms with Crippen LogP contribution in [0.3, 0.4) is 0 Å². The second kappa shape index (κ2) is 5.16. The summed E-state index contributed by atoms with van der Waals surface area (Å²) in [6.45, 7) is 3.39. The molecule has 17 heavy (non-hydrogen) atoms. The molecule has 0 saturated heterocycles. The maximum atomic E-state index is 8.87. The van der Waals surface area contributed by atoms with Crippen LogP contribution in [0.4, 0.5) is 0 Å². The highest BCUT2D eigenvalue weighted by atomic mass is 16.4. The van der Waals surface area contributed by atoms with Gasteiger partial charge in [-0.25, -0.2) is 0 Å². The summed E-state index contributed by atoms with van der Waals surface area (Å²) in [7, 11) is 1.93. The topological polar surface area (TPSA) is 63.2 Å². The predicted octanol–water partition coefficient (Wildman–Crippen LogP) is 1.10. The summed E-state index contributed by atoms with van der Waals surface area (Å²) in [6.07, 6.45) is 1.86. The third-order valence-corrected chi connectivity index (χ3v) is 2.82. The number of aliphatic hydroxyl groups excluding tert-OH is 1. The van der Waals surface area contributed by atoms with E-state index >= 15 is 0 Å². The van der Waals surface area contributed by atoms with Crippen molar-refractivity contribution < 1.29 is 9.52 Å². The zero-order valence-electron chi connectivity index (χ0n) is 10.1. The standard InChI is InChI=1S/C12H17N3O2/c1-9-10(6-14-15(9)2)5-13-7-11-3-4-12(8-16)17-11/h3-4,6,13,16H,5,7-8H2,1-2H3. The van der Waals surface area contributed by atoms with Crippen LogP contribution in [0, 0.1) is 6.92 Å². The minimum absolute atomic E-state index is 0.0539. The smallest absolute Gasteiger partial charge is 0.129 e. The number of nitrogens with zero attached hydrogens (tertiary/aromatic N) is 2. The van der Waals surface area contributed by atoms with Crippen molar-refractivity contribution in [2.24, 2.45) is 7.05 Å². The van der Waals surface area contributed by atoms with Gasteiger partial charge in [-0.2, -0.15) is 5.10 Å². The zero-order chi connectivity index (χ0) is 12.3. The molecule has 0 aliphatic rings. The Morgan fingerprint density at radius 1 is 1.35 bits per heavy atom. The van der Waals surface area contributed by atoms with Crippen LogP contribution in [0.5, 0.6) is 0 Å². The first kappa shape index (κ1) is 11.9. The van der Waals surface area contributed by atoms with Gasteiger partial charge < -0.3 is 14.8 Å². The average Bonchev–Trinajstić information content (AvgIpc) is 2.90. The van der Waals surface area contributed by atoms with Crippen LogP contribution >= 0.6 is 0 Å². The molecule has 2 aromatic heterocycles. The van der Waals surface area contributed by atoms with Crippen LogP contribution in [-0.4, -0.2) is 14.9 Å². The Labute approximate surface area is 100 Å². The van der Waals surface area contributed by atoms with E-state index in [0.29, 0.717) is 12.3 Å². The predicted molar refractivity (Wildman–Crippen MR) is 63.1 cm³/mol. The van der Waals surface area contributed by atoms with E-state index in [2.05, 4.69) is 10.4 Å². The van der Waals surface area contributed by atoms with Crippen LogP contribution < -0.4 is 5.32 Å². The Morgan fingerprint density at radius 2 is 2.12 bits per heavy atom. The number of hydrogen-bond acceptors (Lipinski definition) is 4. The SMILES string of the molecule is Cc1c(CNCc2ccc(CO)o2)cnn1C. The van der Waals surface area contributed by atoms with Crippen molar-refractivity contribution in [2.75, 3.05) is 0 Å². The number of rotatable bonds is 5. The number of aliphatic hydroxyl groups is 1. The van der Waals surface area contributed by atoms with Gasteiger partial charge in [-0.3, -0.25) is 4.68 Å². The van der Waals surface area contributed by atoms with Crippen LogP contribution in [0.2, 0.25) is 0 Å². The lowest BCUT2D eigenvalue weighted by atomic mass is 10.2. The molecule has 5 heteroatoms. The third-order valence-electron chi connectivity index (χ3n) is 2.82. The molecular weight excluding hydrogens is 218 g/mol. The van der Waals surface area contributed by atoms with Crippen molar-refractivity contribution in [3.8, 4) is 0 Å². The molecule has 0 spiro atoms. The van der Waals surface area contributed by atoms with E-state index in [1.54, 1.807) is 6.07 Å². The Kier molecular flexibility index (Phi) is 3.61. The monoisotopic (exact) mass is 235 g/mol. The molecule has 0 saturated carbocycles. The maximum Gasteiger partial charge on any atom is 0.129 e. The highest BCUT2D eigenvalue weighted by Gasteiger charge is 2.04. The molecule has 0 amide bonds. The molecule has 0 aromatic carbocycles. The Hall–Kier alpha value is -1.59. The number of furan rings is 1. The quantitative estimate of drug-likeness (QED) is 0.814. The number of aryl methyl sites for hydroxylation is 1. The van der Waals surface area contributed by atoms with E-state index in [-0.39, 0.29) is 6.61 Å². The largest absolute Gasteiger partial charge is 0.462 e. The molecule has 0 fully saturated rings. The van der Waals surface area contributed by atoms with Crippen LogP contribution in [0.15, 0.2) is 22.7 Å². The van der Waals surface area contributed by atoms with Gasteiger partial charge in [0.15, 0.2) is 0 Å². The highest BCUT2D eigenvalue weighted by molar-refractivity contribution is 5.15. The number of hydrogen-bond donors (Lipinski definition) is 2. The van der Waals surface area contributed by atoms with Gasteiger partial charge in [0.2, 0.25) is 0 Å². The molecule has 0 radical (unpaired) electrons. The molecule has 2 N–H and O–H groups in total.